The molecule has 0 unspecified atom stereocenters. The number of carbonyl (C=O) groups excluding carboxylic acids is 1. The molecule has 0 atom stereocenters. The maximum absolute atomic E-state index is 12.7. The molecular formula is C21H23N3OS. The number of benzene rings is 1. The van der Waals surface area contributed by atoms with Crippen LogP contribution in [0.2, 0.25) is 0 Å². The van der Waals surface area contributed by atoms with E-state index in [1.54, 1.807) is 0 Å². The summed E-state index contributed by atoms with van der Waals surface area (Å²) in [5.41, 5.74) is 5.08. The minimum Gasteiger partial charge on any atom is -0.344 e. The molecule has 5 heteroatoms. The molecule has 3 aromatic rings. The predicted octanol–water partition coefficient (Wildman–Crippen LogP) is 4.54. The number of aromatic nitrogens is 3. The second kappa shape index (κ2) is 7.87. The molecule has 0 aliphatic heterocycles. The predicted molar refractivity (Wildman–Crippen MR) is 106 cm³/mol. The molecule has 0 saturated carbocycles. The third-order valence-electron chi connectivity index (χ3n) is 4.35. The normalized spacial score (nSPS) is 10.9. The van der Waals surface area contributed by atoms with Crippen molar-refractivity contribution < 1.29 is 4.79 Å². The summed E-state index contributed by atoms with van der Waals surface area (Å²) in [5, 5.41) is 0.849. The first kappa shape index (κ1) is 18.4. The smallest absolute Gasteiger partial charge is 0.174 e. The summed E-state index contributed by atoms with van der Waals surface area (Å²) < 4.78 is 2.20. The van der Waals surface area contributed by atoms with E-state index >= 15 is 0 Å². The molecule has 0 bridgehead atoms. The fraction of sp³-hybridized carbons (Fsp3) is 0.286. The SMILES string of the molecule is Cc1cc(SCC(=O)c2cc(C)n(Cc3ccccc3)c2C)nc(C)n1. The lowest BCUT2D eigenvalue weighted by Crippen LogP contribution is -2.08. The van der Waals surface area contributed by atoms with Crippen LogP contribution in [0.4, 0.5) is 0 Å². The zero-order valence-corrected chi connectivity index (χ0v) is 16.4. The van der Waals surface area contributed by atoms with E-state index in [2.05, 4.69) is 33.6 Å². The fourth-order valence-electron chi connectivity index (χ4n) is 3.07. The van der Waals surface area contributed by atoms with Crippen LogP contribution in [0.5, 0.6) is 0 Å². The third-order valence-corrected chi connectivity index (χ3v) is 5.26. The Morgan fingerprint density at radius 1 is 1.04 bits per heavy atom. The molecule has 0 N–H and O–H groups in total. The van der Waals surface area contributed by atoms with Crippen LogP contribution < -0.4 is 0 Å². The Bertz CT molecular complexity index is 912. The zero-order valence-electron chi connectivity index (χ0n) is 15.6. The Morgan fingerprint density at radius 3 is 2.46 bits per heavy atom. The van der Waals surface area contributed by atoms with Gasteiger partial charge in [0.1, 0.15) is 10.9 Å². The molecule has 26 heavy (non-hydrogen) atoms. The van der Waals surface area contributed by atoms with Gasteiger partial charge in [0.05, 0.1) is 5.75 Å². The molecule has 0 aliphatic rings. The van der Waals surface area contributed by atoms with Crippen molar-refractivity contribution in [2.45, 2.75) is 39.3 Å². The van der Waals surface area contributed by atoms with Gasteiger partial charge in [-0.25, -0.2) is 9.97 Å². The van der Waals surface area contributed by atoms with Crippen LogP contribution in [0.15, 0.2) is 47.5 Å². The molecule has 0 amide bonds. The number of ketones is 1. The molecule has 0 radical (unpaired) electrons. The molecule has 0 spiro atoms. The summed E-state index contributed by atoms with van der Waals surface area (Å²) in [7, 11) is 0. The summed E-state index contributed by atoms with van der Waals surface area (Å²) in [6, 6.07) is 14.2. The highest BCUT2D eigenvalue weighted by molar-refractivity contribution is 7.99. The number of aryl methyl sites for hydroxylation is 3. The second-order valence-electron chi connectivity index (χ2n) is 6.46. The van der Waals surface area contributed by atoms with Crippen LogP contribution in [-0.4, -0.2) is 26.1 Å². The van der Waals surface area contributed by atoms with Crippen molar-refractivity contribution in [2.75, 3.05) is 5.75 Å². The van der Waals surface area contributed by atoms with Crippen LogP contribution in [0.3, 0.4) is 0 Å². The van der Waals surface area contributed by atoms with E-state index in [0.29, 0.717) is 5.75 Å². The first-order valence-corrected chi connectivity index (χ1v) is 9.61. The van der Waals surface area contributed by atoms with Gasteiger partial charge in [-0.1, -0.05) is 42.1 Å². The Labute approximate surface area is 158 Å². The minimum absolute atomic E-state index is 0.135. The molecule has 0 aliphatic carbocycles. The Hall–Kier alpha value is -2.40. The molecule has 134 valence electrons. The zero-order chi connectivity index (χ0) is 18.7. The number of rotatable bonds is 6. The molecular weight excluding hydrogens is 342 g/mol. The number of hydrogen-bond donors (Lipinski definition) is 0. The lowest BCUT2D eigenvalue weighted by Gasteiger charge is -2.10. The van der Waals surface area contributed by atoms with Gasteiger partial charge in [0.25, 0.3) is 0 Å². The molecule has 0 fully saturated rings. The molecule has 1 aromatic carbocycles. The first-order chi connectivity index (χ1) is 12.4. The van der Waals surface area contributed by atoms with Crippen molar-refractivity contribution in [2.24, 2.45) is 0 Å². The highest BCUT2D eigenvalue weighted by Crippen LogP contribution is 2.22. The largest absolute Gasteiger partial charge is 0.344 e. The maximum Gasteiger partial charge on any atom is 0.174 e. The van der Waals surface area contributed by atoms with Crippen molar-refractivity contribution >= 4 is 17.5 Å². The van der Waals surface area contributed by atoms with Gasteiger partial charge in [0, 0.05) is 29.2 Å². The monoisotopic (exact) mass is 365 g/mol. The summed E-state index contributed by atoms with van der Waals surface area (Å²) >= 11 is 1.47. The van der Waals surface area contributed by atoms with Gasteiger partial charge in [-0.15, -0.1) is 0 Å². The van der Waals surface area contributed by atoms with E-state index in [-0.39, 0.29) is 5.78 Å². The van der Waals surface area contributed by atoms with Crippen molar-refractivity contribution in [1.29, 1.82) is 0 Å². The summed E-state index contributed by atoms with van der Waals surface area (Å²) in [4.78, 5) is 21.4. The Kier molecular flexibility index (Phi) is 5.57. The highest BCUT2D eigenvalue weighted by atomic mass is 32.2. The van der Waals surface area contributed by atoms with Gasteiger partial charge in [-0.3, -0.25) is 4.79 Å². The van der Waals surface area contributed by atoms with Crippen LogP contribution in [0.1, 0.15) is 38.8 Å². The Morgan fingerprint density at radius 2 is 1.77 bits per heavy atom. The fourth-order valence-corrected chi connectivity index (χ4v) is 3.95. The summed E-state index contributed by atoms with van der Waals surface area (Å²) in [6.07, 6.45) is 0. The number of Topliss-reactive ketones (excluding diaryl/α,β-unsaturated/α-hetero) is 1. The van der Waals surface area contributed by atoms with E-state index in [0.717, 1.165) is 40.0 Å². The van der Waals surface area contributed by atoms with E-state index < -0.39 is 0 Å². The molecule has 4 nitrogen and oxygen atoms in total. The van der Waals surface area contributed by atoms with Crippen LogP contribution in [-0.2, 0) is 6.54 Å². The average molecular weight is 366 g/mol. The lowest BCUT2D eigenvalue weighted by molar-refractivity contribution is 0.102. The van der Waals surface area contributed by atoms with E-state index in [9.17, 15) is 4.79 Å². The third kappa shape index (κ3) is 4.22. The topological polar surface area (TPSA) is 47.8 Å². The number of carbonyl (C=O) groups is 1. The molecule has 3 rings (SSSR count). The number of nitrogens with zero attached hydrogens (tertiary/aromatic N) is 3. The molecule has 2 heterocycles. The highest BCUT2D eigenvalue weighted by Gasteiger charge is 2.16. The molecule has 2 aromatic heterocycles. The van der Waals surface area contributed by atoms with Crippen LogP contribution in [0, 0.1) is 27.7 Å². The van der Waals surface area contributed by atoms with Crippen LogP contribution in [0.25, 0.3) is 0 Å². The standard InChI is InChI=1S/C21H23N3OS/c1-14-10-21(23-17(4)22-14)26-13-20(25)19-11-15(2)24(16(19)3)12-18-8-6-5-7-9-18/h5-11H,12-13H2,1-4H3. The second-order valence-corrected chi connectivity index (χ2v) is 7.46. The Balaban J connectivity index is 1.74. The average Bonchev–Trinajstić information content (AvgIpc) is 2.88. The molecule has 0 saturated heterocycles. The van der Waals surface area contributed by atoms with E-state index in [1.165, 1.54) is 17.3 Å². The van der Waals surface area contributed by atoms with Gasteiger partial charge in [-0.2, -0.15) is 0 Å². The van der Waals surface area contributed by atoms with E-state index in [1.807, 2.05) is 51.1 Å². The van der Waals surface area contributed by atoms with Gasteiger partial charge in [-0.05, 0) is 45.4 Å². The van der Waals surface area contributed by atoms with Gasteiger partial charge < -0.3 is 4.57 Å². The quantitative estimate of drug-likeness (QED) is 0.366. The lowest BCUT2D eigenvalue weighted by atomic mass is 10.2. The van der Waals surface area contributed by atoms with Crippen LogP contribution >= 0.6 is 11.8 Å². The van der Waals surface area contributed by atoms with Crippen molar-refractivity contribution in [3.63, 3.8) is 0 Å². The number of thioether (sulfide) groups is 1. The van der Waals surface area contributed by atoms with Crippen molar-refractivity contribution in [3.05, 3.63) is 76.5 Å². The van der Waals surface area contributed by atoms with E-state index in [4.69, 9.17) is 0 Å². The summed E-state index contributed by atoms with van der Waals surface area (Å²) in [6.45, 7) is 8.67. The maximum atomic E-state index is 12.7. The van der Waals surface area contributed by atoms with Gasteiger partial charge in [0.2, 0.25) is 0 Å². The van der Waals surface area contributed by atoms with Crippen molar-refractivity contribution in [1.82, 2.24) is 14.5 Å². The minimum atomic E-state index is 0.135. The first-order valence-electron chi connectivity index (χ1n) is 8.63. The van der Waals surface area contributed by atoms with Gasteiger partial charge >= 0.3 is 0 Å². The van der Waals surface area contributed by atoms with Crippen molar-refractivity contribution in [3.8, 4) is 0 Å². The van der Waals surface area contributed by atoms with Gasteiger partial charge in [0.15, 0.2) is 5.78 Å². The summed E-state index contributed by atoms with van der Waals surface area (Å²) in [5.74, 6) is 1.25. The number of hydrogen-bond acceptors (Lipinski definition) is 4.